The van der Waals surface area contributed by atoms with Crippen LogP contribution in [-0.2, 0) is 4.74 Å². The largest absolute Gasteiger partial charge is 0.381 e. The summed E-state index contributed by atoms with van der Waals surface area (Å²) < 4.78 is 5.40. The van der Waals surface area contributed by atoms with Gasteiger partial charge in [0.05, 0.1) is 0 Å². The molecule has 0 radical (unpaired) electrons. The molecular formula is C13H24ClNO. The highest BCUT2D eigenvalue weighted by Gasteiger charge is 2.24. The van der Waals surface area contributed by atoms with Crippen molar-refractivity contribution in [2.24, 2.45) is 11.8 Å². The van der Waals surface area contributed by atoms with E-state index in [1.165, 1.54) is 45.3 Å². The summed E-state index contributed by atoms with van der Waals surface area (Å²) in [5.74, 6) is 1.62. The summed E-state index contributed by atoms with van der Waals surface area (Å²) in [7, 11) is 0. The number of hydrogen-bond donors (Lipinski definition) is 0. The van der Waals surface area contributed by atoms with Gasteiger partial charge >= 0.3 is 0 Å². The fourth-order valence-electron chi connectivity index (χ4n) is 2.89. The van der Waals surface area contributed by atoms with Crippen LogP contribution in [0.1, 0.15) is 32.6 Å². The van der Waals surface area contributed by atoms with Gasteiger partial charge in [0.2, 0.25) is 0 Å². The first-order valence-electron chi connectivity index (χ1n) is 6.70. The Hall–Kier alpha value is 0.210. The van der Waals surface area contributed by atoms with Crippen molar-refractivity contribution in [1.82, 2.24) is 4.90 Å². The van der Waals surface area contributed by atoms with Crippen LogP contribution in [0.5, 0.6) is 0 Å². The maximum Gasteiger partial charge on any atom is 0.0469 e. The van der Waals surface area contributed by atoms with E-state index in [2.05, 4.69) is 11.8 Å². The summed E-state index contributed by atoms with van der Waals surface area (Å²) in [4.78, 5) is 2.63. The minimum Gasteiger partial charge on any atom is -0.381 e. The Morgan fingerprint density at radius 3 is 2.38 bits per heavy atom. The van der Waals surface area contributed by atoms with Gasteiger partial charge in [0, 0.05) is 25.1 Å². The normalized spacial score (nSPS) is 28.1. The molecule has 0 bridgehead atoms. The van der Waals surface area contributed by atoms with Gasteiger partial charge in [-0.2, -0.15) is 0 Å². The molecule has 2 aliphatic rings. The molecule has 0 aromatic carbocycles. The fourth-order valence-corrected chi connectivity index (χ4v) is 3.14. The molecule has 3 heteroatoms. The SMILES string of the molecule is CC(Cl)C1CCN(CC2CCOCC2)CC1. The Kier molecular flexibility index (Phi) is 4.93. The van der Waals surface area contributed by atoms with Crippen molar-refractivity contribution in [3.63, 3.8) is 0 Å². The van der Waals surface area contributed by atoms with E-state index >= 15 is 0 Å². The fraction of sp³-hybridized carbons (Fsp3) is 1.00. The lowest BCUT2D eigenvalue weighted by Gasteiger charge is -2.36. The standard InChI is InChI=1S/C13H24ClNO/c1-11(14)13-2-6-15(7-3-13)10-12-4-8-16-9-5-12/h11-13H,2-10H2,1H3. The van der Waals surface area contributed by atoms with E-state index in [1.807, 2.05) is 0 Å². The molecular weight excluding hydrogens is 222 g/mol. The highest BCUT2D eigenvalue weighted by Crippen LogP contribution is 2.25. The number of ether oxygens (including phenoxy) is 1. The van der Waals surface area contributed by atoms with Gasteiger partial charge in [-0.25, -0.2) is 0 Å². The van der Waals surface area contributed by atoms with Crippen molar-refractivity contribution in [2.75, 3.05) is 32.8 Å². The van der Waals surface area contributed by atoms with E-state index in [0.29, 0.717) is 5.38 Å². The number of halogens is 1. The number of alkyl halides is 1. The summed E-state index contributed by atoms with van der Waals surface area (Å²) in [6.45, 7) is 7.87. The predicted octanol–water partition coefficient (Wildman–Crippen LogP) is 2.75. The van der Waals surface area contributed by atoms with E-state index in [4.69, 9.17) is 16.3 Å². The van der Waals surface area contributed by atoms with Crippen LogP contribution < -0.4 is 0 Å². The molecule has 2 rings (SSSR count). The molecule has 0 N–H and O–H groups in total. The number of piperidine rings is 1. The molecule has 94 valence electrons. The van der Waals surface area contributed by atoms with Crippen LogP contribution >= 0.6 is 11.6 Å². The third-order valence-corrected chi connectivity index (χ3v) is 4.50. The van der Waals surface area contributed by atoms with E-state index in [9.17, 15) is 0 Å². The lowest BCUT2D eigenvalue weighted by atomic mass is 9.92. The Balaban J connectivity index is 1.68. The molecule has 0 aromatic heterocycles. The first-order chi connectivity index (χ1) is 7.75. The van der Waals surface area contributed by atoms with Crippen molar-refractivity contribution < 1.29 is 4.74 Å². The first kappa shape index (κ1) is 12.7. The molecule has 0 aliphatic carbocycles. The molecule has 2 nitrogen and oxygen atoms in total. The van der Waals surface area contributed by atoms with Crippen LogP contribution in [0.4, 0.5) is 0 Å². The topological polar surface area (TPSA) is 12.5 Å². The van der Waals surface area contributed by atoms with Crippen molar-refractivity contribution in [2.45, 2.75) is 38.0 Å². The Bertz CT molecular complexity index is 196. The molecule has 2 aliphatic heterocycles. The van der Waals surface area contributed by atoms with Crippen LogP contribution in [0.15, 0.2) is 0 Å². The second kappa shape index (κ2) is 6.23. The Morgan fingerprint density at radius 2 is 1.81 bits per heavy atom. The highest BCUT2D eigenvalue weighted by atomic mass is 35.5. The van der Waals surface area contributed by atoms with Crippen LogP contribution in [0, 0.1) is 11.8 Å². The second-order valence-corrected chi connectivity index (χ2v) is 6.06. The zero-order chi connectivity index (χ0) is 11.4. The average Bonchev–Trinajstić information content (AvgIpc) is 2.31. The van der Waals surface area contributed by atoms with Crippen LogP contribution in [0.2, 0.25) is 0 Å². The third-order valence-electron chi connectivity index (χ3n) is 4.14. The molecule has 2 heterocycles. The molecule has 0 amide bonds. The van der Waals surface area contributed by atoms with E-state index in [1.54, 1.807) is 0 Å². The summed E-state index contributed by atoms with van der Waals surface area (Å²) in [6.07, 6.45) is 5.08. The van der Waals surface area contributed by atoms with Crippen molar-refractivity contribution in [3.05, 3.63) is 0 Å². The summed E-state index contributed by atoms with van der Waals surface area (Å²) in [6, 6.07) is 0. The molecule has 16 heavy (non-hydrogen) atoms. The second-order valence-electron chi connectivity index (χ2n) is 5.37. The van der Waals surface area contributed by atoms with E-state index < -0.39 is 0 Å². The van der Waals surface area contributed by atoms with Crippen LogP contribution in [0.25, 0.3) is 0 Å². The first-order valence-corrected chi connectivity index (χ1v) is 7.13. The van der Waals surface area contributed by atoms with Gasteiger partial charge in [0.15, 0.2) is 0 Å². The smallest absolute Gasteiger partial charge is 0.0469 e. The molecule has 1 atom stereocenters. The van der Waals surface area contributed by atoms with Crippen molar-refractivity contribution in [1.29, 1.82) is 0 Å². The number of rotatable bonds is 3. The summed E-state index contributed by atoms with van der Waals surface area (Å²) in [5, 5.41) is 0.352. The van der Waals surface area contributed by atoms with Gasteiger partial charge in [-0.15, -0.1) is 11.6 Å². The zero-order valence-electron chi connectivity index (χ0n) is 10.3. The number of likely N-dealkylation sites (tertiary alicyclic amines) is 1. The van der Waals surface area contributed by atoms with Gasteiger partial charge in [0.25, 0.3) is 0 Å². The lowest BCUT2D eigenvalue weighted by molar-refractivity contribution is 0.0468. The Labute approximate surface area is 104 Å². The van der Waals surface area contributed by atoms with E-state index in [0.717, 1.165) is 25.0 Å². The van der Waals surface area contributed by atoms with Gasteiger partial charge < -0.3 is 9.64 Å². The number of nitrogens with zero attached hydrogens (tertiary/aromatic N) is 1. The van der Waals surface area contributed by atoms with Gasteiger partial charge in [-0.3, -0.25) is 0 Å². The third kappa shape index (κ3) is 3.61. The monoisotopic (exact) mass is 245 g/mol. The molecule has 2 fully saturated rings. The maximum absolute atomic E-state index is 6.16. The lowest BCUT2D eigenvalue weighted by Crippen LogP contribution is -2.39. The van der Waals surface area contributed by atoms with Gasteiger partial charge in [-0.05, 0) is 57.5 Å². The highest BCUT2D eigenvalue weighted by molar-refractivity contribution is 6.20. The molecule has 1 unspecified atom stereocenters. The summed E-state index contributed by atoms with van der Waals surface area (Å²) >= 11 is 6.16. The van der Waals surface area contributed by atoms with Crippen molar-refractivity contribution in [3.8, 4) is 0 Å². The number of hydrogen-bond acceptors (Lipinski definition) is 2. The van der Waals surface area contributed by atoms with Crippen LogP contribution in [0.3, 0.4) is 0 Å². The van der Waals surface area contributed by atoms with Gasteiger partial charge in [0.1, 0.15) is 0 Å². The van der Waals surface area contributed by atoms with Gasteiger partial charge in [-0.1, -0.05) is 0 Å². The molecule has 0 aromatic rings. The average molecular weight is 246 g/mol. The maximum atomic E-state index is 6.16. The summed E-state index contributed by atoms with van der Waals surface area (Å²) in [5.41, 5.74) is 0. The minimum absolute atomic E-state index is 0.352. The molecule has 0 spiro atoms. The van der Waals surface area contributed by atoms with E-state index in [-0.39, 0.29) is 0 Å². The Morgan fingerprint density at radius 1 is 1.19 bits per heavy atom. The van der Waals surface area contributed by atoms with Crippen molar-refractivity contribution >= 4 is 11.6 Å². The predicted molar refractivity (Wildman–Crippen MR) is 68.0 cm³/mol. The van der Waals surface area contributed by atoms with Crippen LogP contribution in [-0.4, -0.2) is 43.1 Å². The zero-order valence-corrected chi connectivity index (χ0v) is 11.1. The minimum atomic E-state index is 0.352. The molecule has 0 saturated carbocycles. The quantitative estimate of drug-likeness (QED) is 0.709. The molecule has 2 saturated heterocycles.